The Morgan fingerprint density at radius 1 is 0.528 bits per heavy atom. The van der Waals surface area contributed by atoms with Crippen molar-refractivity contribution in [3.05, 3.63) is 131 Å². The number of carbonyl (C=O) groups excluding carboxylic acids is 4. The monoisotopic (exact) mass is 1030 g/mol. The largest absolute Gasteiger partial charge is 0.465 e. The summed E-state index contributed by atoms with van der Waals surface area (Å²) in [4.78, 5) is 55.5. The molecule has 6 rings (SSSR count). The fourth-order valence-electron chi connectivity index (χ4n) is 7.67. The lowest BCUT2D eigenvalue weighted by Gasteiger charge is -2.36. The third-order valence-electron chi connectivity index (χ3n) is 11.6. The number of amides is 2. The molecule has 2 saturated heterocycles. The van der Waals surface area contributed by atoms with Crippen LogP contribution in [0.4, 0.5) is 21.0 Å². The summed E-state index contributed by atoms with van der Waals surface area (Å²) < 4.78 is 72.3. The lowest BCUT2D eigenvalue weighted by Crippen LogP contribution is -2.51. The molecule has 20 heteroatoms. The van der Waals surface area contributed by atoms with Crippen LogP contribution >= 0.6 is 0 Å². The molecule has 0 aromatic heterocycles. The molecule has 4 aromatic carbocycles. The van der Waals surface area contributed by atoms with E-state index >= 15 is 0 Å². The Bertz CT molecular complexity index is 2430. The van der Waals surface area contributed by atoms with Crippen molar-refractivity contribution in [2.45, 2.75) is 65.8 Å². The van der Waals surface area contributed by atoms with Crippen LogP contribution in [0.3, 0.4) is 0 Å². The molecule has 2 heterocycles. The Morgan fingerprint density at radius 2 is 0.875 bits per heavy atom. The number of nitrogens with zero attached hydrogens (tertiary/aromatic N) is 6. The van der Waals surface area contributed by atoms with Gasteiger partial charge in [-0.1, -0.05) is 72.8 Å². The number of rotatable bonds is 17. The maximum atomic E-state index is 13.5. The van der Waals surface area contributed by atoms with Crippen LogP contribution in [0.2, 0.25) is 0 Å². The first kappa shape index (κ1) is 56.8. The number of piperazine rings is 2. The summed E-state index contributed by atoms with van der Waals surface area (Å²) in [5.74, 6) is -0.728. The number of hydrogen-bond acceptors (Lipinski definition) is 14. The molecular weight excluding hydrogens is 963 g/mol. The maximum absolute atomic E-state index is 13.5. The summed E-state index contributed by atoms with van der Waals surface area (Å²) in [6.45, 7) is 16.2. The summed E-state index contributed by atoms with van der Waals surface area (Å²) in [6, 6.07) is 31.5. The van der Waals surface area contributed by atoms with E-state index in [0.717, 1.165) is 11.1 Å². The molecule has 2 N–H and O–H groups in total. The highest BCUT2D eigenvalue weighted by Gasteiger charge is 2.31. The molecule has 0 radical (unpaired) electrons. The number of ether oxygens (including phenoxy) is 3. The van der Waals surface area contributed by atoms with Gasteiger partial charge in [-0.3, -0.25) is 23.2 Å². The second kappa shape index (κ2) is 25.5. The maximum Gasteiger partial charge on any atom is 0.410 e. The van der Waals surface area contributed by atoms with Crippen LogP contribution in [0.25, 0.3) is 0 Å². The number of esters is 1. The number of sulfonamides is 2. The van der Waals surface area contributed by atoms with E-state index in [0.29, 0.717) is 87.9 Å². The second-order valence-electron chi connectivity index (χ2n) is 19.4. The van der Waals surface area contributed by atoms with Crippen molar-refractivity contribution < 1.29 is 50.2 Å². The molecule has 4 aromatic rings. The molecule has 392 valence electrons. The molecule has 18 nitrogen and oxygen atoms in total. The van der Waals surface area contributed by atoms with Gasteiger partial charge in [0.15, 0.2) is 5.78 Å². The van der Waals surface area contributed by atoms with Crippen molar-refractivity contribution in [2.24, 2.45) is 5.73 Å². The summed E-state index contributed by atoms with van der Waals surface area (Å²) in [5.41, 5.74) is 7.90. The van der Waals surface area contributed by atoms with Gasteiger partial charge in [0, 0.05) is 71.0 Å². The predicted octanol–water partition coefficient (Wildman–Crippen LogP) is 6.08. The Balaban J connectivity index is 0.000000267. The lowest BCUT2D eigenvalue weighted by molar-refractivity contribution is 0.0140. The molecule has 2 aliphatic rings. The van der Waals surface area contributed by atoms with Gasteiger partial charge < -0.3 is 29.7 Å². The zero-order chi connectivity index (χ0) is 52.7. The molecule has 0 atom stereocenters. The van der Waals surface area contributed by atoms with Gasteiger partial charge >= 0.3 is 18.2 Å². The molecule has 2 fully saturated rings. The highest BCUT2D eigenvalue weighted by atomic mass is 32.2. The summed E-state index contributed by atoms with van der Waals surface area (Å²) in [5, 5.41) is 0. The van der Waals surface area contributed by atoms with Crippen LogP contribution in [-0.4, -0.2) is 162 Å². The third kappa shape index (κ3) is 17.6. The molecule has 0 unspecified atom stereocenters. The average Bonchev–Trinajstić information content (AvgIpc) is 3.35. The van der Waals surface area contributed by atoms with Crippen LogP contribution in [0.5, 0.6) is 0 Å². The number of carbonyl (C=O) groups is 4. The number of Topliss-reactive ketones (excluding diaryl/α,β-unsaturated/α-hetero) is 1. The van der Waals surface area contributed by atoms with E-state index in [9.17, 15) is 36.0 Å². The lowest BCUT2D eigenvalue weighted by atomic mass is 10.1. The molecule has 72 heavy (non-hydrogen) atoms. The SMILES string of the molecule is CC(C)(C)OC(=O)N1CCN(CCS(=O)(=O)N(Cc2ccc(C(=O)CN)cc2)c2ccccc2)CC1.COC(=O)c1ccc(CN(c2ccccc2)S(=O)(=O)CCN2CCN(C(=O)OC(C)(C)C)CC2)cc1. The van der Waals surface area contributed by atoms with Crippen LogP contribution in [0.15, 0.2) is 109 Å². The van der Waals surface area contributed by atoms with Crippen molar-refractivity contribution in [1.82, 2.24) is 19.6 Å². The van der Waals surface area contributed by atoms with Gasteiger partial charge in [0.2, 0.25) is 20.0 Å². The van der Waals surface area contributed by atoms with Gasteiger partial charge in [0.05, 0.1) is 55.2 Å². The van der Waals surface area contributed by atoms with Gasteiger partial charge in [0.1, 0.15) is 11.2 Å². The first-order chi connectivity index (χ1) is 34.0. The van der Waals surface area contributed by atoms with Crippen molar-refractivity contribution in [3.8, 4) is 0 Å². The van der Waals surface area contributed by atoms with E-state index in [2.05, 4.69) is 4.90 Å². The fourth-order valence-corrected chi connectivity index (χ4v) is 10.7. The van der Waals surface area contributed by atoms with E-state index in [-0.39, 0.29) is 49.1 Å². The molecule has 2 amide bonds. The molecule has 0 saturated carbocycles. The minimum atomic E-state index is -3.66. The topological polar surface area (TPSA) is 210 Å². The quantitative estimate of drug-likeness (QED) is 0.0723. The molecule has 0 bridgehead atoms. The van der Waals surface area contributed by atoms with Gasteiger partial charge in [-0.2, -0.15) is 0 Å². The fraction of sp³-hybridized carbons (Fsp3) is 0.462. The van der Waals surface area contributed by atoms with E-state index in [1.807, 2.05) is 58.6 Å². The number of hydrogen-bond donors (Lipinski definition) is 1. The molecule has 0 aliphatic carbocycles. The number of methoxy groups -OCH3 is 1. The predicted molar refractivity (Wildman–Crippen MR) is 279 cm³/mol. The molecular formula is C52H71N7O11S2. The Hall–Kier alpha value is -6.06. The van der Waals surface area contributed by atoms with Crippen LogP contribution in [0.1, 0.15) is 73.4 Å². The van der Waals surface area contributed by atoms with Crippen LogP contribution < -0.4 is 14.3 Å². The summed E-state index contributed by atoms with van der Waals surface area (Å²) >= 11 is 0. The van der Waals surface area contributed by atoms with E-state index in [4.69, 9.17) is 19.9 Å². The van der Waals surface area contributed by atoms with Crippen molar-refractivity contribution in [3.63, 3.8) is 0 Å². The van der Waals surface area contributed by atoms with E-state index in [1.165, 1.54) is 15.7 Å². The van der Waals surface area contributed by atoms with E-state index < -0.39 is 37.2 Å². The van der Waals surface area contributed by atoms with Gasteiger partial charge in [-0.05, 0) is 89.1 Å². The van der Waals surface area contributed by atoms with Crippen LogP contribution in [-0.2, 0) is 47.3 Å². The standard InChI is InChI=1S/C26H36N4O5S.C26H35N3O6S/c1-26(2,3)35-25(32)29-15-13-28(14-16-29)17-18-36(33,34)30(23-7-5-4-6-8-23)20-21-9-11-22(12-10-21)24(31)19-27;1-26(2,3)35-25(31)28-16-14-27(15-17-28)18-19-36(32,33)29(23-8-6-5-7-9-23)20-21-10-12-22(13-11-21)24(30)34-4/h4-12H,13-20,27H2,1-3H3;5-13H,14-20H2,1-4H3. The highest BCUT2D eigenvalue weighted by Crippen LogP contribution is 2.24. The second-order valence-corrected chi connectivity index (χ2v) is 23.5. The Labute approximate surface area is 425 Å². The summed E-state index contributed by atoms with van der Waals surface area (Å²) in [7, 11) is -6.00. The van der Waals surface area contributed by atoms with E-state index in [1.54, 1.807) is 107 Å². The number of nitrogens with two attached hydrogens (primary N) is 1. The zero-order valence-corrected chi connectivity index (χ0v) is 44.2. The smallest absolute Gasteiger partial charge is 0.410 e. The number of anilines is 2. The number of para-hydroxylation sites is 2. The minimum Gasteiger partial charge on any atom is -0.465 e. The highest BCUT2D eigenvalue weighted by molar-refractivity contribution is 7.93. The number of benzene rings is 4. The normalized spacial score (nSPS) is 14.9. The van der Waals surface area contributed by atoms with Gasteiger partial charge in [0.25, 0.3) is 0 Å². The summed E-state index contributed by atoms with van der Waals surface area (Å²) in [6.07, 6.45) is -0.688. The van der Waals surface area contributed by atoms with Gasteiger partial charge in [-0.25, -0.2) is 31.2 Å². The minimum absolute atomic E-state index is 0.0575. The molecule has 0 spiro atoms. The van der Waals surface area contributed by atoms with Gasteiger partial charge in [-0.15, -0.1) is 0 Å². The number of ketones is 1. The average molecular weight is 1030 g/mol. The van der Waals surface area contributed by atoms with Crippen molar-refractivity contribution >= 4 is 55.4 Å². The third-order valence-corrected chi connectivity index (χ3v) is 15.0. The van der Waals surface area contributed by atoms with Crippen LogP contribution in [0, 0.1) is 0 Å². The first-order valence-corrected chi connectivity index (χ1v) is 27.2. The Morgan fingerprint density at radius 3 is 1.19 bits per heavy atom. The Kier molecular flexibility index (Phi) is 20.2. The van der Waals surface area contributed by atoms with Crippen molar-refractivity contribution in [1.29, 1.82) is 0 Å². The first-order valence-electron chi connectivity index (χ1n) is 24.0. The zero-order valence-electron chi connectivity index (χ0n) is 42.6. The molecule has 2 aliphatic heterocycles. The van der Waals surface area contributed by atoms with Crippen molar-refractivity contribution in [2.75, 3.05) is 99.2 Å².